The van der Waals surface area contributed by atoms with Gasteiger partial charge in [0.25, 0.3) is 0 Å². The number of ether oxygens (including phenoxy) is 1. The molecule has 0 aliphatic carbocycles. The van der Waals surface area contributed by atoms with Crippen LogP contribution in [0.2, 0.25) is 0 Å². The van der Waals surface area contributed by atoms with Crippen molar-refractivity contribution >= 4 is 12.2 Å². The minimum Gasteiger partial charge on any atom is -0.468 e. The van der Waals surface area contributed by atoms with Crippen molar-refractivity contribution < 1.29 is 9.53 Å². The van der Waals surface area contributed by atoms with E-state index >= 15 is 0 Å². The number of carbonyl (C=O) groups is 1. The molecule has 0 fully saturated rings. The highest BCUT2D eigenvalue weighted by atomic mass is 16.5. The van der Waals surface area contributed by atoms with Gasteiger partial charge in [0.1, 0.15) is 6.54 Å². The predicted octanol–water partition coefficient (Wildman–Crippen LogP) is 1.67. The lowest BCUT2D eigenvalue weighted by atomic mass is 9.93. The van der Waals surface area contributed by atoms with Gasteiger partial charge in [-0.25, -0.2) is 0 Å². The standard InChI is InChI=1S/C9H17NO2/c1-9(2,3)5-6-10-7-8(11)12-4/h6H,5,7H2,1-4H3. The summed E-state index contributed by atoms with van der Waals surface area (Å²) < 4.78 is 4.43. The molecular weight excluding hydrogens is 154 g/mol. The summed E-state index contributed by atoms with van der Waals surface area (Å²) in [7, 11) is 1.36. The summed E-state index contributed by atoms with van der Waals surface area (Å²) in [5.41, 5.74) is 0.236. The van der Waals surface area contributed by atoms with Gasteiger partial charge in [-0.2, -0.15) is 0 Å². The lowest BCUT2D eigenvalue weighted by Crippen LogP contribution is -2.07. The van der Waals surface area contributed by atoms with Gasteiger partial charge in [-0.15, -0.1) is 0 Å². The highest BCUT2D eigenvalue weighted by molar-refractivity contribution is 5.73. The Morgan fingerprint density at radius 3 is 2.50 bits per heavy atom. The molecule has 0 saturated heterocycles. The summed E-state index contributed by atoms with van der Waals surface area (Å²) in [6.45, 7) is 6.50. The van der Waals surface area contributed by atoms with Crippen molar-refractivity contribution in [1.82, 2.24) is 0 Å². The highest BCUT2D eigenvalue weighted by Gasteiger charge is 2.06. The molecule has 0 rings (SSSR count). The number of carbonyl (C=O) groups excluding carboxylic acids is 1. The van der Waals surface area contributed by atoms with Crippen LogP contribution in [0.5, 0.6) is 0 Å². The molecule has 0 spiro atoms. The Hall–Kier alpha value is -0.860. The largest absolute Gasteiger partial charge is 0.468 e. The van der Waals surface area contributed by atoms with Gasteiger partial charge in [0.15, 0.2) is 0 Å². The Morgan fingerprint density at radius 1 is 1.50 bits per heavy atom. The number of rotatable bonds is 3. The zero-order chi connectivity index (χ0) is 9.61. The molecule has 0 unspecified atom stereocenters. The minimum atomic E-state index is -0.292. The Bertz CT molecular complexity index is 168. The first-order valence-corrected chi connectivity index (χ1v) is 4.01. The fourth-order valence-corrected chi connectivity index (χ4v) is 0.542. The number of aliphatic imine (C=N–C) groups is 1. The first kappa shape index (κ1) is 11.1. The lowest BCUT2D eigenvalue weighted by molar-refractivity contribution is -0.138. The fourth-order valence-electron chi connectivity index (χ4n) is 0.542. The molecule has 3 nitrogen and oxygen atoms in total. The maximum absolute atomic E-state index is 10.6. The van der Waals surface area contributed by atoms with Gasteiger partial charge >= 0.3 is 5.97 Å². The van der Waals surface area contributed by atoms with Crippen molar-refractivity contribution in [2.75, 3.05) is 13.7 Å². The van der Waals surface area contributed by atoms with Crippen molar-refractivity contribution in [2.24, 2.45) is 10.4 Å². The molecule has 3 heteroatoms. The third-order valence-corrected chi connectivity index (χ3v) is 1.28. The Kier molecular flexibility index (Phi) is 4.55. The van der Waals surface area contributed by atoms with E-state index in [-0.39, 0.29) is 17.9 Å². The van der Waals surface area contributed by atoms with Gasteiger partial charge in [0, 0.05) is 0 Å². The summed E-state index contributed by atoms with van der Waals surface area (Å²) >= 11 is 0. The van der Waals surface area contributed by atoms with Crippen LogP contribution in [0.4, 0.5) is 0 Å². The van der Waals surface area contributed by atoms with Gasteiger partial charge in [-0.05, 0) is 18.1 Å². The quantitative estimate of drug-likeness (QED) is 0.478. The molecule has 0 saturated carbocycles. The van der Waals surface area contributed by atoms with Crippen molar-refractivity contribution in [3.63, 3.8) is 0 Å². The van der Waals surface area contributed by atoms with Crippen LogP contribution in [-0.2, 0) is 9.53 Å². The lowest BCUT2D eigenvalue weighted by Gasteiger charge is -2.13. The van der Waals surface area contributed by atoms with E-state index in [0.717, 1.165) is 6.42 Å². The van der Waals surface area contributed by atoms with Gasteiger partial charge in [0.2, 0.25) is 0 Å². The van der Waals surface area contributed by atoms with Crippen LogP contribution in [0.25, 0.3) is 0 Å². The molecule has 0 aromatic heterocycles. The molecule has 12 heavy (non-hydrogen) atoms. The van der Waals surface area contributed by atoms with E-state index in [1.165, 1.54) is 7.11 Å². The SMILES string of the molecule is COC(=O)CN=CCC(C)(C)C. The number of esters is 1. The Morgan fingerprint density at radius 2 is 2.08 bits per heavy atom. The summed E-state index contributed by atoms with van der Waals surface area (Å²) in [5, 5.41) is 0. The van der Waals surface area contributed by atoms with Crippen molar-refractivity contribution in [3.05, 3.63) is 0 Å². The van der Waals surface area contributed by atoms with Crippen LogP contribution in [0.1, 0.15) is 27.2 Å². The molecule has 70 valence electrons. The number of hydrogen-bond acceptors (Lipinski definition) is 3. The third kappa shape index (κ3) is 7.25. The first-order valence-electron chi connectivity index (χ1n) is 4.01. The highest BCUT2D eigenvalue weighted by Crippen LogP contribution is 2.15. The molecule has 0 bridgehead atoms. The monoisotopic (exact) mass is 171 g/mol. The second-order valence-electron chi connectivity index (χ2n) is 3.86. The van der Waals surface area contributed by atoms with Gasteiger partial charge in [0.05, 0.1) is 7.11 Å². The van der Waals surface area contributed by atoms with Crippen molar-refractivity contribution in [1.29, 1.82) is 0 Å². The average molecular weight is 171 g/mol. The first-order chi connectivity index (χ1) is 5.45. The van der Waals surface area contributed by atoms with E-state index < -0.39 is 0 Å². The van der Waals surface area contributed by atoms with Crippen LogP contribution < -0.4 is 0 Å². The van der Waals surface area contributed by atoms with Gasteiger partial charge < -0.3 is 4.74 Å². The van der Waals surface area contributed by atoms with E-state index in [9.17, 15) is 4.79 Å². The van der Waals surface area contributed by atoms with Crippen LogP contribution in [0.3, 0.4) is 0 Å². The van der Waals surface area contributed by atoms with Gasteiger partial charge in [-0.1, -0.05) is 20.8 Å². The van der Waals surface area contributed by atoms with Gasteiger partial charge in [-0.3, -0.25) is 9.79 Å². The van der Waals surface area contributed by atoms with E-state index in [1.54, 1.807) is 6.21 Å². The molecule has 0 amide bonds. The second-order valence-corrected chi connectivity index (χ2v) is 3.86. The molecule has 0 radical (unpaired) electrons. The normalized spacial score (nSPS) is 12.0. The molecule has 0 atom stereocenters. The molecule has 0 N–H and O–H groups in total. The van der Waals surface area contributed by atoms with Crippen molar-refractivity contribution in [2.45, 2.75) is 27.2 Å². The van der Waals surface area contributed by atoms with Crippen molar-refractivity contribution in [3.8, 4) is 0 Å². The maximum atomic E-state index is 10.6. The number of methoxy groups -OCH3 is 1. The summed E-state index contributed by atoms with van der Waals surface area (Å²) in [6.07, 6.45) is 2.65. The molecule has 0 aliphatic heterocycles. The Labute approximate surface area is 73.8 Å². The van der Waals surface area contributed by atoms with E-state index in [4.69, 9.17) is 0 Å². The molecule has 0 heterocycles. The number of hydrogen-bond donors (Lipinski definition) is 0. The molecule has 0 aliphatic rings. The maximum Gasteiger partial charge on any atom is 0.327 e. The van der Waals surface area contributed by atoms with Crippen LogP contribution >= 0.6 is 0 Å². The zero-order valence-corrected chi connectivity index (χ0v) is 8.26. The molecular formula is C9H17NO2. The topological polar surface area (TPSA) is 38.7 Å². The average Bonchev–Trinajstić information content (AvgIpc) is 1.96. The minimum absolute atomic E-state index is 0.132. The predicted molar refractivity (Wildman–Crippen MR) is 49.4 cm³/mol. The van der Waals surface area contributed by atoms with E-state index in [1.807, 2.05) is 0 Å². The third-order valence-electron chi connectivity index (χ3n) is 1.28. The summed E-state index contributed by atoms with van der Waals surface area (Å²) in [4.78, 5) is 14.5. The summed E-state index contributed by atoms with van der Waals surface area (Å²) in [6, 6.07) is 0. The molecule has 0 aromatic carbocycles. The van der Waals surface area contributed by atoms with Crippen LogP contribution in [0.15, 0.2) is 4.99 Å². The second kappa shape index (κ2) is 4.91. The van der Waals surface area contributed by atoms with E-state index in [2.05, 4.69) is 30.5 Å². The Balaban J connectivity index is 3.58. The smallest absolute Gasteiger partial charge is 0.327 e. The fraction of sp³-hybridized carbons (Fsp3) is 0.778. The van der Waals surface area contributed by atoms with Crippen LogP contribution in [-0.4, -0.2) is 25.8 Å². The van der Waals surface area contributed by atoms with Crippen LogP contribution in [0, 0.1) is 5.41 Å². The zero-order valence-electron chi connectivity index (χ0n) is 8.26. The number of nitrogens with zero attached hydrogens (tertiary/aromatic N) is 1. The molecule has 0 aromatic rings. The summed E-state index contributed by atoms with van der Waals surface area (Å²) in [5.74, 6) is -0.292. The van der Waals surface area contributed by atoms with E-state index in [0.29, 0.717) is 0 Å².